The fraction of sp³-hybridized carbons (Fsp3) is 0. The number of amides is 2. The summed E-state index contributed by atoms with van der Waals surface area (Å²) in [4.78, 5) is 18.9. The van der Waals surface area contributed by atoms with Gasteiger partial charge in [0.1, 0.15) is 0 Å². The Morgan fingerprint density at radius 2 is 1.14 bits per heavy atom. The topological polar surface area (TPSA) is 86.2 Å². The predicted octanol–water partition coefficient (Wildman–Crippen LogP) is -1.18. The van der Waals surface area contributed by atoms with Crippen molar-refractivity contribution in [1.82, 2.24) is 0 Å². The minimum atomic E-state index is -1.10. The van der Waals surface area contributed by atoms with E-state index in [9.17, 15) is 9.59 Å². The number of hydrogen-bond acceptors (Lipinski definition) is 2. The fourth-order valence-corrected chi connectivity index (χ4v) is 0. The zero-order valence-corrected chi connectivity index (χ0v) is 4.31. The monoisotopic (exact) mass is 119 g/mol. The maximum atomic E-state index is 9.45. The lowest BCUT2D eigenvalue weighted by Gasteiger charge is -1.75. The summed E-state index contributed by atoms with van der Waals surface area (Å²) in [5.41, 5.74) is 8.64. The minimum Gasteiger partial charge on any atom is -0.361 e. The van der Waals surface area contributed by atoms with E-state index in [4.69, 9.17) is 0 Å². The molecule has 0 rings (SSSR count). The van der Waals surface area contributed by atoms with Gasteiger partial charge in [-0.25, -0.2) is 0 Å². The zero-order chi connectivity index (χ0) is 5.15. The molecule has 0 aromatic rings. The lowest BCUT2D eigenvalue weighted by atomic mass is 10.6. The highest BCUT2D eigenvalue weighted by Gasteiger charge is 1.96. The Labute approximate surface area is 43.9 Å². The van der Waals surface area contributed by atoms with Crippen LogP contribution in [-0.2, 0) is 9.59 Å². The molecule has 0 saturated carbocycles. The molecule has 5 heteroatoms. The van der Waals surface area contributed by atoms with Crippen molar-refractivity contribution in [3.63, 3.8) is 0 Å². The third-order valence-electron chi connectivity index (χ3n) is 0.243. The normalized spacial score (nSPS) is 6.29. The number of carbonyl (C=O) groups is 2. The molecule has 0 fully saturated rings. The van der Waals surface area contributed by atoms with Gasteiger partial charge in [0, 0.05) is 9.90 Å². The van der Waals surface area contributed by atoms with E-state index in [0.717, 1.165) is 0 Å². The average molecular weight is 119 g/mol. The first-order chi connectivity index (χ1) is 2.64. The molecule has 0 aromatic carbocycles. The van der Waals surface area contributed by atoms with Crippen LogP contribution < -0.4 is 11.5 Å². The summed E-state index contributed by atoms with van der Waals surface area (Å²) in [6.45, 7) is 0. The summed E-state index contributed by atoms with van der Waals surface area (Å²) in [5, 5.41) is 0. The third-order valence-corrected chi connectivity index (χ3v) is 0.243. The molecule has 0 heterocycles. The number of carbonyl (C=O) groups excluding carboxylic acids is 2. The molecule has 0 aliphatic rings. The third kappa shape index (κ3) is 5.37. The number of primary amides is 2. The first kappa shape index (κ1) is 9.62. The Morgan fingerprint density at radius 1 is 1.00 bits per heavy atom. The Bertz CT molecular complexity index is 79.7. The summed E-state index contributed by atoms with van der Waals surface area (Å²) in [7, 11) is 0. The van der Waals surface area contributed by atoms with Gasteiger partial charge in [-0.15, -0.1) is 0 Å². The summed E-state index contributed by atoms with van der Waals surface area (Å²) >= 11 is 0. The number of rotatable bonds is 0. The second kappa shape index (κ2) is 3.56. The van der Waals surface area contributed by atoms with Gasteiger partial charge in [-0.2, -0.15) is 0 Å². The summed E-state index contributed by atoms with van der Waals surface area (Å²) < 4.78 is 0. The highest BCUT2D eigenvalue weighted by Crippen LogP contribution is 1.44. The Balaban J connectivity index is 0. The van der Waals surface area contributed by atoms with Crippen LogP contribution >= 0.6 is 9.90 Å². The summed E-state index contributed by atoms with van der Waals surface area (Å²) in [5.74, 6) is -2.20. The van der Waals surface area contributed by atoms with E-state index in [1.54, 1.807) is 0 Å². The van der Waals surface area contributed by atoms with E-state index in [1.165, 1.54) is 0 Å². The van der Waals surface area contributed by atoms with Crippen LogP contribution in [0.15, 0.2) is 0 Å². The first-order valence-electron chi connectivity index (χ1n) is 1.24. The van der Waals surface area contributed by atoms with Crippen LogP contribution in [0.25, 0.3) is 0 Å². The van der Waals surface area contributed by atoms with Gasteiger partial charge in [0.05, 0.1) is 0 Å². The van der Waals surface area contributed by atoms with Crippen LogP contribution in [0.1, 0.15) is 0 Å². The molecule has 0 saturated heterocycles. The maximum absolute atomic E-state index is 9.45. The molecule has 4 nitrogen and oxygen atoms in total. The van der Waals surface area contributed by atoms with Crippen LogP contribution in [0.4, 0.5) is 0 Å². The van der Waals surface area contributed by atoms with Crippen LogP contribution in [0, 0.1) is 0 Å². The molecule has 0 spiro atoms. The number of nitrogens with two attached hydrogens (primary N) is 2. The second-order valence-electron chi connectivity index (χ2n) is 0.729. The molecule has 4 N–H and O–H groups in total. The zero-order valence-electron chi connectivity index (χ0n) is 3.42. The SMILES string of the molecule is NC(=O)C(N)=O.[P]. The highest BCUT2D eigenvalue weighted by molar-refractivity contribution is 6.92. The summed E-state index contributed by atoms with van der Waals surface area (Å²) in [6, 6.07) is 0. The average Bonchev–Trinajstić information content (AvgIpc) is 1.36. The highest BCUT2D eigenvalue weighted by atomic mass is 31.0. The van der Waals surface area contributed by atoms with Gasteiger partial charge in [-0.1, -0.05) is 0 Å². The van der Waals surface area contributed by atoms with E-state index in [1.807, 2.05) is 0 Å². The molecule has 0 unspecified atom stereocenters. The Kier molecular flexibility index (Phi) is 4.89. The molecule has 0 aliphatic carbocycles. The molecular formula is C2H4N2O2P. The van der Waals surface area contributed by atoms with Crippen molar-refractivity contribution >= 4 is 21.7 Å². The maximum Gasteiger partial charge on any atom is 0.306 e. The van der Waals surface area contributed by atoms with E-state index in [0.29, 0.717) is 0 Å². The molecular weight excluding hydrogens is 115 g/mol. The van der Waals surface area contributed by atoms with Crippen LogP contribution in [0.5, 0.6) is 0 Å². The van der Waals surface area contributed by atoms with Gasteiger partial charge in [-0.05, 0) is 0 Å². The number of hydrogen-bond donors (Lipinski definition) is 2. The largest absolute Gasteiger partial charge is 0.361 e. The molecule has 0 aliphatic heterocycles. The van der Waals surface area contributed by atoms with Crippen molar-refractivity contribution in [3.8, 4) is 0 Å². The Morgan fingerprint density at radius 3 is 1.14 bits per heavy atom. The van der Waals surface area contributed by atoms with Crippen LogP contribution in [-0.4, -0.2) is 11.8 Å². The molecule has 2 amide bonds. The van der Waals surface area contributed by atoms with E-state index in [-0.39, 0.29) is 9.90 Å². The molecule has 3 radical (unpaired) electrons. The van der Waals surface area contributed by atoms with Crippen LogP contribution in [0.3, 0.4) is 0 Å². The van der Waals surface area contributed by atoms with E-state index >= 15 is 0 Å². The van der Waals surface area contributed by atoms with Crippen molar-refractivity contribution in [2.75, 3.05) is 0 Å². The predicted molar refractivity (Wildman–Crippen MR) is 25.3 cm³/mol. The standard InChI is InChI=1S/C2H4N2O2.P/c3-1(5)2(4)6;/h(H2,3,5)(H2,4,6);. The quantitative estimate of drug-likeness (QED) is 0.310. The lowest BCUT2D eigenvalue weighted by Crippen LogP contribution is -2.29. The Hall–Kier alpha value is -0.630. The van der Waals surface area contributed by atoms with Gasteiger partial charge < -0.3 is 11.5 Å². The van der Waals surface area contributed by atoms with Crippen molar-refractivity contribution in [1.29, 1.82) is 0 Å². The van der Waals surface area contributed by atoms with Gasteiger partial charge in [0.15, 0.2) is 0 Å². The van der Waals surface area contributed by atoms with Gasteiger partial charge in [0.2, 0.25) is 0 Å². The first-order valence-corrected chi connectivity index (χ1v) is 1.24. The molecule has 0 bridgehead atoms. The van der Waals surface area contributed by atoms with Crippen LogP contribution in [0.2, 0.25) is 0 Å². The van der Waals surface area contributed by atoms with Gasteiger partial charge in [-0.3, -0.25) is 9.59 Å². The van der Waals surface area contributed by atoms with Gasteiger partial charge in [0.25, 0.3) is 0 Å². The van der Waals surface area contributed by atoms with Crippen molar-refractivity contribution in [2.24, 2.45) is 11.5 Å². The molecule has 7 heavy (non-hydrogen) atoms. The molecule has 0 aromatic heterocycles. The summed E-state index contributed by atoms with van der Waals surface area (Å²) in [6.07, 6.45) is 0. The van der Waals surface area contributed by atoms with E-state index in [2.05, 4.69) is 11.5 Å². The van der Waals surface area contributed by atoms with Crippen molar-refractivity contribution in [2.45, 2.75) is 0 Å². The smallest absolute Gasteiger partial charge is 0.306 e. The lowest BCUT2D eigenvalue weighted by molar-refractivity contribution is -0.135. The second-order valence-corrected chi connectivity index (χ2v) is 0.729. The van der Waals surface area contributed by atoms with Gasteiger partial charge >= 0.3 is 11.8 Å². The molecule has 0 atom stereocenters. The van der Waals surface area contributed by atoms with Crippen molar-refractivity contribution < 1.29 is 9.59 Å². The molecule has 39 valence electrons. The van der Waals surface area contributed by atoms with E-state index < -0.39 is 11.8 Å². The minimum absolute atomic E-state index is 0. The van der Waals surface area contributed by atoms with Crippen molar-refractivity contribution in [3.05, 3.63) is 0 Å². The fourth-order valence-electron chi connectivity index (χ4n) is 0.